The molecule has 2 aromatic carbocycles. The summed E-state index contributed by atoms with van der Waals surface area (Å²) in [5, 5.41) is 0. The van der Waals surface area contributed by atoms with Crippen molar-refractivity contribution in [1.29, 1.82) is 0 Å². The lowest BCUT2D eigenvalue weighted by Gasteiger charge is -2.17. The Kier molecular flexibility index (Phi) is 5.33. The first-order valence-corrected chi connectivity index (χ1v) is 11.1. The Labute approximate surface area is 188 Å². The molecule has 2 aliphatic rings. The third-order valence-corrected chi connectivity index (χ3v) is 6.62. The number of benzene rings is 2. The molecule has 1 aliphatic carbocycles. The molecule has 0 fully saturated rings. The van der Waals surface area contributed by atoms with Gasteiger partial charge in [0.05, 0.1) is 20.1 Å². The van der Waals surface area contributed by atoms with E-state index in [2.05, 4.69) is 43.1 Å². The average molecular weight is 430 g/mol. The number of aromatic nitrogens is 1. The van der Waals surface area contributed by atoms with E-state index in [4.69, 9.17) is 14.2 Å². The maximum Gasteiger partial charge on any atom is 0.306 e. The van der Waals surface area contributed by atoms with Gasteiger partial charge in [-0.05, 0) is 61.1 Å². The molecule has 32 heavy (non-hydrogen) atoms. The van der Waals surface area contributed by atoms with Crippen molar-refractivity contribution in [3.05, 3.63) is 76.6 Å². The van der Waals surface area contributed by atoms with Gasteiger partial charge in [-0.1, -0.05) is 24.3 Å². The number of ether oxygens (including phenoxy) is 3. The maximum absolute atomic E-state index is 11.7. The molecule has 1 aromatic heterocycles. The van der Waals surface area contributed by atoms with Crippen molar-refractivity contribution in [2.75, 3.05) is 13.7 Å². The van der Waals surface area contributed by atoms with E-state index < -0.39 is 0 Å². The Hall–Kier alpha value is -3.34. The minimum absolute atomic E-state index is 0.00699. The normalized spacial score (nSPS) is 18.6. The van der Waals surface area contributed by atoms with Gasteiger partial charge in [0.15, 0.2) is 0 Å². The minimum Gasteiger partial charge on any atom is -0.492 e. The Morgan fingerprint density at radius 1 is 1.16 bits per heavy atom. The first-order valence-electron chi connectivity index (χ1n) is 11.1. The van der Waals surface area contributed by atoms with Crippen molar-refractivity contribution in [1.82, 2.24) is 4.98 Å². The Bertz CT molecular complexity index is 1170. The topological polar surface area (TPSA) is 57.7 Å². The van der Waals surface area contributed by atoms with Crippen LogP contribution in [0, 0.1) is 13.8 Å². The van der Waals surface area contributed by atoms with Crippen LogP contribution in [-0.4, -0.2) is 24.7 Å². The van der Waals surface area contributed by atoms with Gasteiger partial charge in [-0.3, -0.25) is 9.78 Å². The Morgan fingerprint density at radius 2 is 2.03 bits per heavy atom. The molecule has 0 saturated heterocycles. The molecule has 1 aliphatic heterocycles. The van der Waals surface area contributed by atoms with Crippen molar-refractivity contribution < 1.29 is 19.0 Å². The van der Waals surface area contributed by atoms with Crippen LogP contribution in [0.15, 0.2) is 48.7 Å². The number of fused-ring (bicyclic) bond motifs is 2. The zero-order valence-electron chi connectivity index (χ0n) is 18.7. The molecule has 2 atom stereocenters. The first-order chi connectivity index (χ1) is 15.5. The standard InChI is InChI=1S/C27H27NO4/c1-16-11-12-28-17(2)27(16)23-6-4-5-22-21(23)9-10-24(22)32-19-7-8-20-18(13-26(29)30-3)15-31-25(20)14-19/h4-8,11-12,14,18,24H,9-10,13,15H2,1-3H3/t18?,24-/m1/s1. The summed E-state index contributed by atoms with van der Waals surface area (Å²) in [7, 11) is 1.41. The number of carbonyl (C=O) groups excluding carboxylic acids is 1. The molecule has 5 nitrogen and oxygen atoms in total. The van der Waals surface area contributed by atoms with Crippen LogP contribution >= 0.6 is 0 Å². The van der Waals surface area contributed by atoms with E-state index in [0.29, 0.717) is 13.0 Å². The monoisotopic (exact) mass is 429 g/mol. The minimum atomic E-state index is -0.218. The molecule has 0 spiro atoms. The number of aryl methyl sites for hydroxylation is 2. The van der Waals surface area contributed by atoms with Gasteiger partial charge in [0.1, 0.15) is 17.6 Å². The first kappa shape index (κ1) is 20.6. The summed E-state index contributed by atoms with van der Waals surface area (Å²) >= 11 is 0. The predicted octanol–water partition coefficient (Wildman–Crippen LogP) is 5.47. The molecule has 2 heterocycles. The van der Waals surface area contributed by atoms with Gasteiger partial charge in [-0.15, -0.1) is 0 Å². The van der Waals surface area contributed by atoms with E-state index in [1.165, 1.54) is 34.9 Å². The van der Waals surface area contributed by atoms with Crippen molar-refractivity contribution in [3.8, 4) is 22.6 Å². The zero-order chi connectivity index (χ0) is 22.2. The van der Waals surface area contributed by atoms with Crippen LogP contribution in [0.5, 0.6) is 11.5 Å². The summed E-state index contributed by atoms with van der Waals surface area (Å²) < 4.78 is 17.1. The lowest BCUT2D eigenvalue weighted by atomic mass is 9.93. The van der Waals surface area contributed by atoms with E-state index in [1.54, 1.807) is 0 Å². The molecule has 5 heteroatoms. The smallest absolute Gasteiger partial charge is 0.306 e. The van der Waals surface area contributed by atoms with Crippen LogP contribution < -0.4 is 9.47 Å². The predicted molar refractivity (Wildman–Crippen MR) is 122 cm³/mol. The molecule has 3 aromatic rings. The fraction of sp³-hybridized carbons (Fsp3) is 0.333. The molecule has 5 rings (SSSR count). The number of nitrogens with zero attached hydrogens (tertiary/aromatic N) is 1. The number of hydrogen-bond acceptors (Lipinski definition) is 5. The van der Waals surface area contributed by atoms with E-state index in [9.17, 15) is 4.79 Å². The second-order valence-electron chi connectivity index (χ2n) is 8.59. The van der Waals surface area contributed by atoms with Gasteiger partial charge in [0.25, 0.3) is 0 Å². The summed E-state index contributed by atoms with van der Waals surface area (Å²) in [5.41, 5.74) is 8.43. The third-order valence-electron chi connectivity index (χ3n) is 6.62. The third kappa shape index (κ3) is 3.62. The molecule has 0 bridgehead atoms. The maximum atomic E-state index is 11.7. The summed E-state index contributed by atoms with van der Waals surface area (Å²) in [6.07, 6.45) is 4.12. The van der Waals surface area contributed by atoms with E-state index >= 15 is 0 Å². The van der Waals surface area contributed by atoms with Crippen LogP contribution in [0.2, 0.25) is 0 Å². The molecular formula is C27H27NO4. The number of hydrogen-bond donors (Lipinski definition) is 0. The number of esters is 1. The average Bonchev–Trinajstić information content (AvgIpc) is 3.38. The molecule has 0 amide bonds. The molecule has 1 unspecified atom stereocenters. The largest absolute Gasteiger partial charge is 0.492 e. The summed E-state index contributed by atoms with van der Waals surface area (Å²) in [5.74, 6) is 1.40. The van der Waals surface area contributed by atoms with Gasteiger partial charge in [-0.2, -0.15) is 0 Å². The highest BCUT2D eigenvalue weighted by Crippen LogP contribution is 2.43. The van der Waals surface area contributed by atoms with Crippen LogP contribution in [0.1, 0.15) is 52.8 Å². The quantitative estimate of drug-likeness (QED) is 0.503. The van der Waals surface area contributed by atoms with Crippen molar-refractivity contribution in [3.63, 3.8) is 0 Å². The molecule has 0 radical (unpaired) electrons. The summed E-state index contributed by atoms with van der Waals surface area (Å²) in [6, 6.07) is 14.5. The SMILES string of the molecule is COC(=O)CC1COc2cc(O[C@@H]3CCc4c(-c5c(C)ccnc5C)cccc43)ccc21. The van der Waals surface area contributed by atoms with Crippen molar-refractivity contribution >= 4 is 5.97 Å². The van der Waals surface area contributed by atoms with Crippen LogP contribution in [0.3, 0.4) is 0 Å². The van der Waals surface area contributed by atoms with E-state index in [1.807, 2.05) is 24.4 Å². The van der Waals surface area contributed by atoms with Crippen molar-refractivity contribution in [2.45, 2.75) is 45.1 Å². The van der Waals surface area contributed by atoms with Crippen LogP contribution in [-0.2, 0) is 16.0 Å². The van der Waals surface area contributed by atoms with Gasteiger partial charge in [-0.25, -0.2) is 0 Å². The highest BCUT2D eigenvalue weighted by atomic mass is 16.5. The van der Waals surface area contributed by atoms with Gasteiger partial charge in [0, 0.05) is 35.0 Å². The Balaban J connectivity index is 1.39. The summed E-state index contributed by atoms with van der Waals surface area (Å²) in [6.45, 7) is 4.71. The zero-order valence-corrected chi connectivity index (χ0v) is 18.7. The highest BCUT2D eigenvalue weighted by molar-refractivity contribution is 5.74. The molecule has 0 N–H and O–H groups in total. The number of pyridine rings is 1. The number of carbonyl (C=O) groups is 1. The van der Waals surface area contributed by atoms with E-state index in [-0.39, 0.29) is 18.0 Å². The fourth-order valence-electron chi connectivity index (χ4n) is 5.02. The lowest BCUT2D eigenvalue weighted by molar-refractivity contribution is -0.141. The molecular weight excluding hydrogens is 402 g/mol. The number of rotatable bonds is 5. The second kappa shape index (κ2) is 8.30. The fourth-order valence-corrected chi connectivity index (χ4v) is 5.02. The lowest BCUT2D eigenvalue weighted by Crippen LogP contribution is -2.09. The molecule has 164 valence electrons. The van der Waals surface area contributed by atoms with Gasteiger partial charge < -0.3 is 14.2 Å². The van der Waals surface area contributed by atoms with Crippen molar-refractivity contribution in [2.24, 2.45) is 0 Å². The van der Waals surface area contributed by atoms with Gasteiger partial charge in [0.2, 0.25) is 0 Å². The summed E-state index contributed by atoms with van der Waals surface area (Å²) in [4.78, 5) is 16.2. The second-order valence-corrected chi connectivity index (χ2v) is 8.59. The van der Waals surface area contributed by atoms with Gasteiger partial charge >= 0.3 is 5.97 Å². The number of methoxy groups -OCH3 is 1. The van der Waals surface area contributed by atoms with Crippen LogP contribution in [0.4, 0.5) is 0 Å². The van der Waals surface area contributed by atoms with E-state index in [0.717, 1.165) is 35.6 Å². The van der Waals surface area contributed by atoms with Crippen LogP contribution in [0.25, 0.3) is 11.1 Å². The highest BCUT2D eigenvalue weighted by Gasteiger charge is 2.30. The Morgan fingerprint density at radius 3 is 2.84 bits per heavy atom. The molecule has 0 saturated carbocycles.